The summed E-state index contributed by atoms with van der Waals surface area (Å²) in [5.74, 6) is -0.121. The van der Waals surface area contributed by atoms with Crippen molar-refractivity contribution < 1.29 is 14.3 Å². The molecule has 0 aliphatic rings. The minimum Gasteiger partial charge on any atom is -0.422 e. The van der Waals surface area contributed by atoms with Crippen LogP contribution in [0.5, 0.6) is 5.75 Å². The zero-order valence-electron chi connectivity index (χ0n) is 12.1. The first kappa shape index (κ1) is 15.6. The summed E-state index contributed by atoms with van der Waals surface area (Å²) in [5.41, 5.74) is 0.0217. The van der Waals surface area contributed by atoms with Crippen LogP contribution >= 0.6 is 11.6 Å². The number of isocyanates is 1. The number of aromatic nitrogens is 3. The molecular weight excluding hydrogens is 332 g/mol. The summed E-state index contributed by atoms with van der Waals surface area (Å²) in [5, 5.41) is 4.31. The molecule has 3 aromatic rings. The van der Waals surface area contributed by atoms with Gasteiger partial charge in [0.2, 0.25) is 6.08 Å². The number of benzene rings is 1. The number of para-hydroxylation sites is 1. The van der Waals surface area contributed by atoms with Gasteiger partial charge in [-0.05, 0) is 24.3 Å². The molecule has 0 fully saturated rings. The van der Waals surface area contributed by atoms with Crippen LogP contribution in [0.2, 0.25) is 5.02 Å². The maximum atomic E-state index is 12.4. The van der Waals surface area contributed by atoms with E-state index < -0.39 is 5.97 Å². The Morgan fingerprint density at radius 2 is 2.00 bits per heavy atom. The molecule has 0 atom stereocenters. The molecule has 0 saturated carbocycles. The highest BCUT2D eigenvalue weighted by Crippen LogP contribution is 2.23. The topological polar surface area (TPSA) is 86.4 Å². The average molecular weight is 341 g/mol. The number of aliphatic imine (C=N–C) groups is 1. The molecule has 0 aliphatic carbocycles. The number of halogens is 1. The summed E-state index contributed by atoms with van der Waals surface area (Å²) in [6.45, 7) is 0. The molecule has 0 bridgehead atoms. The number of carbonyl (C=O) groups excluding carboxylic acids is 2. The van der Waals surface area contributed by atoms with E-state index in [1.54, 1.807) is 42.5 Å². The predicted octanol–water partition coefficient (Wildman–Crippen LogP) is 3.11. The average Bonchev–Trinajstić information content (AvgIpc) is 3.00. The van der Waals surface area contributed by atoms with Crippen molar-refractivity contribution in [3.05, 3.63) is 65.4 Å². The lowest BCUT2D eigenvalue weighted by Crippen LogP contribution is -2.15. The summed E-state index contributed by atoms with van der Waals surface area (Å²) < 4.78 is 6.45. The van der Waals surface area contributed by atoms with Crippen LogP contribution in [0.3, 0.4) is 0 Å². The van der Waals surface area contributed by atoms with E-state index >= 15 is 0 Å². The predicted molar refractivity (Wildman–Crippen MR) is 85.6 cm³/mol. The van der Waals surface area contributed by atoms with Gasteiger partial charge in [0, 0.05) is 12.3 Å². The molecule has 7 nitrogen and oxygen atoms in total. The zero-order valence-corrected chi connectivity index (χ0v) is 12.8. The number of esters is 1. The van der Waals surface area contributed by atoms with Crippen LogP contribution in [-0.2, 0) is 4.79 Å². The Morgan fingerprint density at radius 1 is 1.21 bits per heavy atom. The van der Waals surface area contributed by atoms with Crippen molar-refractivity contribution in [3.63, 3.8) is 0 Å². The normalized spacial score (nSPS) is 10.0. The number of ether oxygens (including phenoxy) is 1. The van der Waals surface area contributed by atoms with Gasteiger partial charge in [0.05, 0.1) is 5.02 Å². The Morgan fingerprint density at radius 3 is 2.71 bits per heavy atom. The SMILES string of the molecule is O=C=Nc1cc(C(=O)Oc2ccccc2)n(-c2ncccc2Cl)n1. The fraction of sp³-hybridized carbons (Fsp3) is 0. The lowest BCUT2D eigenvalue weighted by molar-refractivity contribution is 0.0725. The molecule has 3 rings (SSSR count). The van der Waals surface area contributed by atoms with Gasteiger partial charge in [-0.1, -0.05) is 29.8 Å². The number of pyridine rings is 1. The smallest absolute Gasteiger partial charge is 0.362 e. The van der Waals surface area contributed by atoms with Crippen LogP contribution in [0.25, 0.3) is 5.82 Å². The van der Waals surface area contributed by atoms with Crippen molar-refractivity contribution in [1.29, 1.82) is 0 Å². The molecule has 24 heavy (non-hydrogen) atoms. The third-order valence-corrected chi connectivity index (χ3v) is 3.25. The minimum absolute atomic E-state index is 0.00766. The first-order valence-corrected chi connectivity index (χ1v) is 7.13. The van der Waals surface area contributed by atoms with Crippen LogP contribution in [0, 0.1) is 0 Å². The number of carbonyl (C=O) groups is 1. The summed E-state index contributed by atoms with van der Waals surface area (Å²) >= 11 is 6.10. The monoisotopic (exact) mass is 340 g/mol. The van der Waals surface area contributed by atoms with Crippen LogP contribution in [-0.4, -0.2) is 26.8 Å². The second-order valence-electron chi connectivity index (χ2n) is 4.51. The van der Waals surface area contributed by atoms with Crippen molar-refractivity contribution in [2.75, 3.05) is 0 Å². The minimum atomic E-state index is -0.692. The van der Waals surface area contributed by atoms with Crippen molar-refractivity contribution in [2.24, 2.45) is 4.99 Å². The Balaban J connectivity index is 2.04. The van der Waals surface area contributed by atoms with Gasteiger partial charge in [0.1, 0.15) is 5.75 Å². The number of rotatable bonds is 4. The van der Waals surface area contributed by atoms with Crippen molar-refractivity contribution >= 4 is 29.5 Å². The summed E-state index contributed by atoms with van der Waals surface area (Å²) in [6, 6.07) is 13.1. The van der Waals surface area contributed by atoms with E-state index in [1.807, 2.05) is 0 Å². The number of hydrogen-bond donors (Lipinski definition) is 0. The Kier molecular flexibility index (Phi) is 4.47. The molecule has 0 spiro atoms. The summed E-state index contributed by atoms with van der Waals surface area (Å²) in [4.78, 5) is 30.4. The first-order chi connectivity index (χ1) is 11.7. The second kappa shape index (κ2) is 6.87. The Labute approximate surface area is 141 Å². The molecule has 1 aromatic carbocycles. The fourth-order valence-corrected chi connectivity index (χ4v) is 2.16. The van der Waals surface area contributed by atoms with E-state index in [1.165, 1.54) is 23.0 Å². The lowest BCUT2D eigenvalue weighted by Gasteiger charge is -2.07. The molecular formula is C16H9ClN4O3. The highest BCUT2D eigenvalue weighted by molar-refractivity contribution is 6.32. The molecule has 8 heteroatoms. The molecule has 2 aromatic heterocycles. The van der Waals surface area contributed by atoms with Gasteiger partial charge < -0.3 is 4.74 Å². The van der Waals surface area contributed by atoms with E-state index in [4.69, 9.17) is 16.3 Å². The van der Waals surface area contributed by atoms with E-state index in [-0.39, 0.29) is 22.4 Å². The number of nitrogens with zero attached hydrogens (tertiary/aromatic N) is 4. The third kappa shape index (κ3) is 3.22. The van der Waals surface area contributed by atoms with Crippen LogP contribution in [0.4, 0.5) is 5.82 Å². The third-order valence-electron chi connectivity index (χ3n) is 2.96. The molecule has 2 heterocycles. The quantitative estimate of drug-likeness (QED) is 0.315. The van der Waals surface area contributed by atoms with Crippen molar-refractivity contribution in [2.45, 2.75) is 0 Å². The lowest BCUT2D eigenvalue weighted by atomic mass is 10.3. The summed E-state index contributed by atoms with van der Waals surface area (Å²) in [7, 11) is 0. The second-order valence-corrected chi connectivity index (χ2v) is 4.92. The van der Waals surface area contributed by atoms with Gasteiger partial charge in [0.25, 0.3) is 0 Å². The van der Waals surface area contributed by atoms with Gasteiger partial charge in [-0.25, -0.2) is 19.3 Å². The van der Waals surface area contributed by atoms with E-state index in [9.17, 15) is 9.59 Å². The van der Waals surface area contributed by atoms with E-state index in [2.05, 4.69) is 15.1 Å². The van der Waals surface area contributed by atoms with Crippen molar-refractivity contribution in [1.82, 2.24) is 14.8 Å². The molecule has 0 unspecified atom stereocenters. The van der Waals surface area contributed by atoms with E-state index in [0.717, 1.165) is 0 Å². The Hall–Kier alpha value is -3.28. The highest BCUT2D eigenvalue weighted by atomic mass is 35.5. The van der Waals surface area contributed by atoms with Crippen molar-refractivity contribution in [3.8, 4) is 11.6 Å². The molecule has 0 aliphatic heterocycles. The molecule has 0 saturated heterocycles. The molecule has 0 N–H and O–H groups in total. The molecule has 0 radical (unpaired) electrons. The van der Waals surface area contributed by atoms with Crippen LogP contribution in [0.1, 0.15) is 10.5 Å². The van der Waals surface area contributed by atoms with Gasteiger partial charge in [-0.3, -0.25) is 0 Å². The number of hydrogen-bond acceptors (Lipinski definition) is 6. The van der Waals surface area contributed by atoms with Crippen LogP contribution in [0.15, 0.2) is 59.7 Å². The maximum absolute atomic E-state index is 12.4. The largest absolute Gasteiger partial charge is 0.422 e. The van der Waals surface area contributed by atoms with Gasteiger partial charge >= 0.3 is 5.97 Å². The van der Waals surface area contributed by atoms with Crippen LogP contribution < -0.4 is 4.74 Å². The summed E-state index contributed by atoms with van der Waals surface area (Å²) in [6.07, 6.45) is 2.87. The Bertz CT molecular complexity index is 934. The van der Waals surface area contributed by atoms with E-state index in [0.29, 0.717) is 5.75 Å². The standard InChI is InChI=1S/C16H9ClN4O3/c17-12-7-4-8-18-15(12)21-13(9-14(20-21)19-10-22)16(23)24-11-5-2-1-3-6-11/h1-9H. The first-order valence-electron chi connectivity index (χ1n) is 6.75. The van der Waals surface area contributed by atoms with Gasteiger partial charge in [-0.2, -0.15) is 0 Å². The zero-order chi connectivity index (χ0) is 16.9. The van der Waals surface area contributed by atoms with Gasteiger partial charge in [0.15, 0.2) is 17.3 Å². The highest BCUT2D eigenvalue weighted by Gasteiger charge is 2.21. The maximum Gasteiger partial charge on any atom is 0.362 e. The molecule has 0 amide bonds. The fourth-order valence-electron chi connectivity index (χ4n) is 1.96. The van der Waals surface area contributed by atoms with Gasteiger partial charge in [-0.15, -0.1) is 10.1 Å². The molecule has 118 valence electrons.